The Morgan fingerprint density at radius 1 is 1.37 bits per heavy atom. The van der Waals surface area contributed by atoms with E-state index in [0.717, 1.165) is 25.4 Å². The van der Waals surface area contributed by atoms with Gasteiger partial charge in [-0.15, -0.1) is 23.2 Å². The highest BCUT2D eigenvalue weighted by Gasteiger charge is 2.67. The Morgan fingerprint density at radius 2 is 1.95 bits per heavy atom. The van der Waals surface area contributed by atoms with Gasteiger partial charge < -0.3 is 10.2 Å². The highest BCUT2D eigenvalue weighted by molar-refractivity contribution is 6.53. The lowest BCUT2D eigenvalue weighted by Crippen LogP contribution is -2.37. The number of carbonyl (C=O) groups is 1. The van der Waals surface area contributed by atoms with Crippen molar-refractivity contribution in [1.82, 2.24) is 10.2 Å². The predicted octanol–water partition coefficient (Wildman–Crippen LogP) is 2.81. The van der Waals surface area contributed by atoms with E-state index in [-0.39, 0.29) is 5.91 Å². The summed E-state index contributed by atoms with van der Waals surface area (Å²) in [5, 5.41) is 2.99. The summed E-state index contributed by atoms with van der Waals surface area (Å²) in [6.07, 6.45) is 4.12. The van der Waals surface area contributed by atoms with E-state index in [2.05, 4.69) is 17.1 Å². The minimum Gasteiger partial charge on any atom is -0.356 e. The maximum atomic E-state index is 12.0. The van der Waals surface area contributed by atoms with Crippen LogP contribution < -0.4 is 5.32 Å². The molecule has 2 fully saturated rings. The molecule has 0 unspecified atom stereocenters. The number of amides is 1. The number of piperidine rings is 1. The van der Waals surface area contributed by atoms with Crippen molar-refractivity contribution in [3.63, 3.8) is 0 Å². The van der Waals surface area contributed by atoms with Gasteiger partial charge in [0.25, 0.3) is 0 Å². The number of likely N-dealkylation sites (tertiary alicyclic amines) is 1. The Balaban J connectivity index is 1.64. The van der Waals surface area contributed by atoms with Gasteiger partial charge in [0.05, 0.1) is 5.41 Å². The second kappa shape index (κ2) is 5.79. The molecule has 2 rings (SSSR count). The van der Waals surface area contributed by atoms with Crippen LogP contribution in [0.1, 0.15) is 39.5 Å². The largest absolute Gasteiger partial charge is 0.356 e. The zero-order valence-corrected chi connectivity index (χ0v) is 13.4. The molecule has 3 nitrogen and oxygen atoms in total. The summed E-state index contributed by atoms with van der Waals surface area (Å²) in [5.41, 5.74) is -0.582. The number of nitrogens with one attached hydrogen (secondary N) is 1. The third kappa shape index (κ3) is 3.37. The van der Waals surface area contributed by atoms with E-state index in [1.54, 1.807) is 0 Å². The van der Waals surface area contributed by atoms with Crippen LogP contribution in [0.25, 0.3) is 0 Å². The fourth-order valence-electron chi connectivity index (χ4n) is 2.82. The van der Waals surface area contributed by atoms with E-state index < -0.39 is 9.75 Å². The van der Waals surface area contributed by atoms with Crippen molar-refractivity contribution in [3.8, 4) is 0 Å². The number of hydrogen-bond acceptors (Lipinski definition) is 2. The predicted molar refractivity (Wildman–Crippen MR) is 79.6 cm³/mol. The number of carbonyl (C=O) groups excluding carboxylic acids is 1. The topological polar surface area (TPSA) is 32.3 Å². The molecule has 0 radical (unpaired) electrons. The summed E-state index contributed by atoms with van der Waals surface area (Å²) >= 11 is 12.0. The fourth-order valence-corrected chi connectivity index (χ4v) is 3.53. The number of rotatable bonds is 5. The molecule has 2 aliphatic rings. The highest BCUT2D eigenvalue weighted by atomic mass is 35.5. The van der Waals surface area contributed by atoms with Gasteiger partial charge in [0.15, 0.2) is 0 Å². The number of halogens is 2. The first-order valence-electron chi connectivity index (χ1n) is 7.27. The SMILES string of the molecule is CCN1CCC(CCNC(=O)[C@@]2(C)CC2(Cl)Cl)CC1. The minimum atomic E-state index is -0.858. The molecular formula is C14H24Cl2N2O. The molecule has 1 amide bonds. The van der Waals surface area contributed by atoms with Crippen molar-refractivity contribution in [3.05, 3.63) is 0 Å². The Morgan fingerprint density at radius 3 is 2.42 bits per heavy atom. The average Bonchev–Trinajstić information content (AvgIpc) is 2.91. The van der Waals surface area contributed by atoms with Gasteiger partial charge in [0, 0.05) is 6.54 Å². The molecule has 0 aromatic heterocycles. The molecule has 0 bridgehead atoms. The highest BCUT2D eigenvalue weighted by Crippen LogP contribution is 2.63. The molecule has 0 aromatic rings. The first-order chi connectivity index (χ1) is 8.89. The van der Waals surface area contributed by atoms with Crippen LogP contribution in [0.15, 0.2) is 0 Å². The van der Waals surface area contributed by atoms with Gasteiger partial charge >= 0.3 is 0 Å². The van der Waals surface area contributed by atoms with Crippen LogP contribution >= 0.6 is 23.2 Å². The fraction of sp³-hybridized carbons (Fsp3) is 0.929. The molecule has 0 spiro atoms. The molecule has 1 saturated heterocycles. The Bertz CT molecular complexity index is 340. The second-order valence-corrected chi connectivity index (χ2v) is 7.62. The Labute approximate surface area is 126 Å². The van der Waals surface area contributed by atoms with Crippen LogP contribution in [0.2, 0.25) is 0 Å². The van der Waals surface area contributed by atoms with E-state index in [1.165, 1.54) is 25.9 Å². The van der Waals surface area contributed by atoms with Crippen molar-refractivity contribution >= 4 is 29.1 Å². The van der Waals surface area contributed by atoms with Crippen LogP contribution in [0.5, 0.6) is 0 Å². The van der Waals surface area contributed by atoms with E-state index in [9.17, 15) is 4.79 Å². The molecule has 1 heterocycles. The average molecular weight is 307 g/mol. The Kier molecular flexibility index (Phi) is 4.69. The quantitative estimate of drug-likeness (QED) is 0.792. The summed E-state index contributed by atoms with van der Waals surface area (Å²) in [6.45, 7) is 8.33. The van der Waals surface area contributed by atoms with Crippen molar-refractivity contribution in [2.45, 2.75) is 43.9 Å². The molecule has 1 saturated carbocycles. The van der Waals surface area contributed by atoms with E-state index >= 15 is 0 Å². The van der Waals surface area contributed by atoms with Crippen molar-refractivity contribution < 1.29 is 4.79 Å². The van der Waals surface area contributed by atoms with Gasteiger partial charge in [-0.1, -0.05) is 6.92 Å². The van der Waals surface area contributed by atoms with Crippen molar-refractivity contribution in [2.75, 3.05) is 26.2 Å². The third-order valence-corrected chi connectivity index (χ3v) is 5.85. The second-order valence-electron chi connectivity index (χ2n) is 6.14. The van der Waals surface area contributed by atoms with E-state index in [4.69, 9.17) is 23.2 Å². The molecule has 19 heavy (non-hydrogen) atoms. The van der Waals surface area contributed by atoms with Crippen molar-refractivity contribution in [2.24, 2.45) is 11.3 Å². The lowest BCUT2D eigenvalue weighted by molar-refractivity contribution is -0.125. The van der Waals surface area contributed by atoms with Crippen LogP contribution in [0.4, 0.5) is 0 Å². The first-order valence-corrected chi connectivity index (χ1v) is 8.03. The molecule has 1 aliphatic heterocycles. The van der Waals surface area contributed by atoms with Gasteiger partial charge in [-0.2, -0.15) is 0 Å². The summed E-state index contributed by atoms with van der Waals surface area (Å²) in [5.74, 6) is 0.746. The number of alkyl halides is 2. The van der Waals surface area contributed by atoms with Gasteiger partial charge in [-0.25, -0.2) is 0 Å². The molecule has 1 atom stereocenters. The number of hydrogen-bond donors (Lipinski definition) is 1. The molecule has 1 N–H and O–H groups in total. The van der Waals surface area contributed by atoms with Crippen molar-refractivity contribution in [1.29, 1.82) is 0 Å². The molecular weight excluding hydrogens is 283 g/mol. The zero-order chi connectivity index (χ0) is 14.1. The van der Waals surface area contributed by atoms with E-state index in [1.807, 2.05) is 6.92 Å². The van der Waals surface area contributed by atoms with Crippen LogP contribution in [-0.2, 0) is 4.79 Å². The van der Waals surface area contributed by atoms with Crippen LogP contribution in [0.3, 0.4) is 0 Å². The minimum absolute atomic E-state index is 0.00324. The molecule has 1 aliphatic carbocycles. The first kappa shape index (κ1) is 15.4. The van der Waals surface area contributed by atoms with Crippen LogP contribution in [0, 0.1) is 11.3 Å². The number of nitrogens with zero attached hydrogens (tertiary/aromatic N) is 1. The summed E-state index contributed by atoms with van der Waals surface area (Å²) < 4.78 is -0.858. The summed E-state index contributed by atoms with van der Waals surface area (Å²) in [7, 11) is 0. The standard InChI is InChI=1S/C14H24Cl2N2O/c1-3-18-8-5-11(6-9-18)4-7-17-12(19)13(2)10-14(13,15)16/h11H,3-10H2,1-2H3,(H,17,19)/t13-/m1/s1. The van der Waals surface area contributed by atoms with Gasteiger partial charge in [-0.3, -0.25) is 4.79 Å². The molecule has 110 valence electrons. The van der Waals surface area contributed by atoms with Gasteiger partial charge in [0.2, 0.25) is 5.91 Å². The Hall–Kier alpha value is 0.01000. The van der Waals surface area contributed by atoms with E-state index in [0.29, 0.717) is 6.42 Å². The normalized spacial score (nSPS) is 31.2. The van der Waals surface area contributed by atoms with Gasteiger partial charge in [0.1, 0.15) is 4.33 Å². The third-order valence-electron chi connectivity index (χ3n) is 4.75. The summed E-state index contributed by atoms with van der Waals surface area (Å²) in [6, 6.07) is 0. The zero-order valence-electron chi connectivity index (χ0n) is 11.8. The van der Waals surface area contributed by atoms with Gasteiger partial charge in [-0.05, 0) is 58.2 Å². The molecule has 5 heteroatoms. The molecule has 0 aromatic carbocycles. The van der Waals surface area contributed by atoms with Crippen LogP contribution in [-0.4, -0.2) is 41.3 Å². The smallest absolute Gasteiger partial charge is 0.229 e. The lowest BCUT2D eigenvalue weighted by atomic mass is 9.93. The monoisotopic (exact) mass is 306 g/mol. The maximum Gasteiger partial charge on any atom is 0.229 e. The maximum absolute atomic E-state index is 12.0. The summed E-state index contributed by atoms with van der Waals surface area (Å²) in [4.78, 5) is 14.5. The lowest BCUT2D eigenvalue weighted by Gasteiger charge is -2.31.